The highest BCUT2D eigenvalue weighted by atomic mass is 19.1. The molecule has 2 unspecified atom stereocenters. The number of alkyl halides is 1. The van der Waals surface area contributed by atoms with Crippen LogP contribution in [0.2, 0.25) is 0 Å². The molecule has 3 atom stereocenters. The van der Waals surface area contributed by atoms with Gasteiger partial charge >= 0.3 is 0 Å². The monoisotopic (exact) mass is 520 g/mol. The molecular weight excluding hydrogens is 483 g/mol. The molecule has 3 amide bonds. The molecule has 1 aliphatic heterocycles. The van der Waals surface area contributed by atoms with Gasteiger partial charge in [0.05, 0.1) is 13.2 Å². The maximum absolute atomic E-state index is 13.5. The van der Waals surface area contributed by atoms with E-state index in [1.54, 1.807) is 38.1 Å². The van der Waals surface area contributed by atoms with E-state index < -0.39 is 48.3 Å². The van der Waals surface area contributed by atoms with Crippen LogP contribution >= 0.6 is 0 Å². The second-order valence-electron chi connectivity index (χ2n) is 9.26. The number of ketones is 1. The van der Waals surface area contributed by atoms with Crippen molar-refractivity contribution in [2.75, 3.05) is 26.9 Å². The molecule has 2 rings (SSSR count). The molecule has 1 saturated heterocycles. The first-order chi connectivity index (χ1) is 17.6. The molecule has 0 radical (unpaired) electrons. The summed E-state index contributed by atoms with van der Waals surface area (Å²) in [5, 5.41) is 15.1. The minimum absolute atomic E-state index is 0.155. The normalized spacial score (nSPS) is 16.6. The van der Waals surface area contributed by atoms with E-state index in [0.717, 1.165) is 0 Å². The molecule has 12 heteroatoms. The van der Waals surface area contributed by atoms with Crippen LogP contribution in [0.4, 0.5) is 4.39 Å². The SMILES string of the molecule is COc1ccc(C(=O)NC(C(=O)N2CCC[C@H]2C(=O)NC(CCCNC(=N)N)C(=O)CF)C(C)C)cc1. The summed E-state index contributed by atoms with van der Waals surface area (Å²) in [4.78, 5) is 52.9. The van der Waals surface area contributed by atoms with Gasteiger partial charge in [0.2, 0.25) is 11.8 Å². The van der Waals surface area contributed by atoms with E-state index in [-0.39, 0.29) is 18.3 Å². The predicted molar refractivity (Wildman–Crippen MR) is 136 cm³/mol. The molecule has 204 valence electrons. The number of benzene rings is 1. The summed E-state index contributed by atoms with van der Waals surface area (Å²) in [6, 6.07) is 3.72. The van der Waals surface area contributed by atoms with Crippen LogP contribution < -0.4 is 26.4 Å². The fraction of sp³-hybridized carbons (Fsp3) is 0.560. The van der Waals surface area contributed by atoms with Gasteiger partial charge in [-0.3, -0.25) is 24.6 Å². The van der Waals surface area contributed by atoms with Crippen molar-refractivity contribution in [2.45, 2.75) is 57.7 Å². The Morgan fingerprint density at radius 3 is 2.43 bits per heavy atom. The Bertz CT molecular complexity index is 971. The number of nitrogens with two attached hydrogens (primary N) is 1. The van der Waals surface area contributed by atoms with Gasteiger partial charge in [-0.2, -0.15) is 0 Å². The number of methoxy groups -OCH3 is 1. The van der Waals surface area contributed by atoms with Crippen LogP contribution in [0.1, 0.15) is 49.9 Å². The fourth-order valence-corrected chi connectivity index (χ4v) is 4.17. The highest BCUT2D eigenvalue weighted by Crippen LogP contribution is 2.21. The van der Waals surface area contributed by atoms with Gasteiger partial charge in [-0.25, -0.2) is 4.39 Å². The predicted octanol–water partition coefficient (Wildman–Crippen LogP) is 0.727. The Labute approximate surface area is 216 Å². The number of hydrogen-bond acceptors (Lipinski definition) is 6. The van der Waals surface area contributed by atoms with E-state index in [1.165, 1.54) is 12.0 Å². The Kier molecular flexibility index (Phi) is 11.3. The smallest absolute Gasteiger partial charge is 0.251 e. The summed E-state index contributed by atoms with van der Waals surface area (Å²) in [6.07, 6.45) is 1.49. The maximum Gasteiger partial charge on any atom is 0.251 e. The fourth-order valence-electron chi connectivity index (χ4n) is 4.17. The van der Waals surface area contributed by atoms with Crippen molar-refractivity contribution in [1.82, 2.24) is 20.9 Å². The summed E-state index contributed by atoms with van der Waals surface area (Å²) in [6.45, 7) is 2.98. The summed E-state index contributed by atoms with van der Waals surface area (Å²) in [5.41, 5.74) is 5.59. The molecule has 1 aromatic carbocycles. The number of ether oxygens (including phenoxy) is 1. The average Bonchev–Trinajstić information content (AvgIpc) is 3.38. The number of Topliss-reactive ketones (excluding diaryl/α,β-unsaturated/α-hetero) is 1. The molecular formula is C25H37FN6O5. The summed E-state index contributed by atoms with van der Waals surface area (Å²) in [5.74, 6) is -2.01. The van der Waals surface area contributed by atoms with Gasteiger partial charge in [-0.05, 0) is 55.9 Å². The Hall–Kier alpha value is -3.70. The van der Waals surface area contributed by atoms with E-state index in [2.05, 4.69) is 16.0 Å². The van der Waals surface area contributed by atoms with E-state index in [9.17, 15) is 23.6 Å². The highest BCUT2D eigenvalue weighted by molar-refractivity contribution is 5.99. The van der Waals surface area contributed by atoms with Gasteiger partial charge in [0.1, 0.15) is 24.5 Å². The van der Waals surface area contributed by atoms with Crippen molar-refractivity contribution in [2.24, 2.45) is 11.7 Å². The summed E-state index contributed by atoms with van der Waals surface area (Å²) in [7, 11) is 1.52. The number of rotatable bonds is 13. The zero-order valence-electron chi connectivity index (χ0n) is 21.5. The van der Waals surface area contributed by atoms with E-state index >= 15 is 0 Å². The minimum atomic E-state index is -1.23. The molecule has 1 aliphatic rings. The van der Waals surface area contributed by atoms with Gasteiger partial charge in [0, 0.05) is 18.7 Å². The highest BCUT2D eigenvalue weighted by Gasteiger charge is 2.39. The number of nitrogens with one attached hydrogen (secondary N) is 4. The quantitative estimate of drug-likeness (QED) is 0.145. The average molecular weight is 521 g/mol. The first kappa shape index (κ1) is 29.5. The lowest BCUT2D eigenvalue weighted by atomic mass is 10.0. The van der Waals surface area contributed by atoms with E-state index in [0.29, 0.717) is 43.7 Å². The largest absolute Gasteiger partial charge is 0.497 e. The third-order valence-electron chi connectivity index (χ3n) is 6.23. The first-order valence-electron chi connectivity index (χ1n) is 12.3. The number of hydrogen-bond donors (Lipinski definition) is 5. The van der Waals surface area contributed by atoms with Crippen molar-refractivity contribution in [3.8, 4) is 5.75 Å². The number of likely N-dealkylation sites (tertiary alicyclic amines) is 1. The van der Waals surface area contributed by atoms with Crippen LogP contribution in [0, 0.1) is 11.3 Å². The van der Waals surface area contributed by atoms with E-state index in [1.807, 2.05) is 0 Å². The number of halogens is 1. The third-order valence-corrected chi connectivity index (χ3v) is 6.23. The molecule has 0 saturated carbocycles. The molecule has 1 fully saturated rings. The second-order valence-corrected chi connectivity index (χ2v) is 9.26. The number of amides is 3. The van der Waals surface area contributed by atoms with Gasteiger partial charge < -0.3 is 31.3 Å². The zero-order valence-corrected chi connectivity index (χ0v) is 21.5. The first-order valence-corrected chi connectivity index (χ1v) is 12.3. The Balaban J connectivity index is 2.08. The van der Waals surface area contributed by atoms with Gasteiger partial charge in [0.25, 0.3) is 5.91 Å². The van der Waals surface area contributed by atoms with E-state index in [4.69, 9.17) is 15.9 Å². The van der Waals surface area contributed by atoms with Crippen LogP contribution in [-0.2, 0) is 14.4 Å². The lowest BCUT2D eigenvalue weighted by Gasteiger charge is -2.31. The lowest BCUT2D eigenvalue weighted by molar-refractivity contribution is -0.141. The van der Waals surface area contributed by atoms with Crippen molar-refractivity contribution in [3.63, 3.8) is 0 Å². The summed E-state index contributed by atoms with van der Waals surface area (Å²) < 4.78 is 18.2. The second kappa shape index (κ2) is 14.1. The Morgan fingerprint density at radius 2 is 1.86 bits per heavy atom. The van der Waals surface area contributed by atoms with Crippen LogP contribution in [0.3, 0.4) is 0 Å². The molecule has 11 nitrogen and oxygen atoms in total. The number of carbonyl (C=O) groups is 4. The lowest BCUT2D eigenvalue weighted by Crippen LogP contribution is -2.56. The van der Waals surface area contributed by atoms with Crippen molar-refractivity contribution < 1.29 is 28.3 Å². The topological polar surface area (TPSA) is 167 Å². The molecule has 6 N–H and O–H groups in total. The van der Waals surface area contributed by atoms with Crippen molar-refractivity contribution in [3.05, 3.63) is 29.8 Å². The molecule has 0 bridgehead atoms. The van der Waals surface area contributed by atoms with Gasteiger partial charge in [0.15, 0.2) is 11.7 Å². The molecule has 1 aromatic rings. The van der Waals surface area contributed by atoms with Crippen LogP contribution in [0.5, 0.6) is 5.75 Å². The van der Waals surface area contributed by atoms with Crippen LogP contribution in [0.25, 0.3) is 0 Å². The minimum Gasteiger partial charge on any atom is -0.497 e. The molecule has 1 heterocycles. The maximum atomic E-state index is 13.5. The molecule has 0 spiro atoms. The number of guanidine groups is 1. The third kappa shape index (κ3) is 8.43. The van der Waals surface area contributed by atoms with Crippen molar-refractivity contribution in [1.29, 1.82) is 5.41 Å². The molecule has 0 aromatic heterocycles. The molecule has 0 aliphatic carbocycles. The van der Waals surface area contributed by atoms with Crippen LogP contribution in [0.15, 0.2) is 24.3 Å². The van der Waals surface area contributed by atoms with Gasteiger partial charge in [-0.1, -0.05) is 13.8 Å². The number of nitrogens with zero attached hydrogens (tertiary/aromatic N) is 1. The zero-order chi connectivity index (χ0) is 27.5. The standard InChI is InChI=1S/C25H37FN6O5/c1-15(2)21(31-22(34)16-8-10-17(37-3)11-9-16)24(36)32-13-5-7-19(32)23(35)30-18(20(33)14-26)6-4-12-29-25(27)28/h8-11,15,18-19,21H,4-7,12-14H2,1-3H3,(H,30,35)(H,31,34)(H4,27,28,29)/t18?,19-,21?/m0/s1. The van der Waals surface area contributed by atoms with Crippen molar-refractivity contribution >= 4 is 29.5 Å². The summed E-state index contributed by atoms with van der Waals surface area (Å²) >= 11 is 0. The number of carbonyl (C=O) groups excluding carboxylic acids is 4. The van der Waals surface area contributed by atoms with Gasteiger partial charge in [-0.15, -0.1) is 0 Å². The van der Waals surface area contributed by atoms with Crippen LogP contribution in [-0.4, -0.2) is 79.4 Å². The Morgan fingerprint density at radius 1 is 1.19 bits per heavy atom. The molecule has 37 heavy (non-hydrogen) atoms.